The Morgan fingerprint density at radius 3 is 2.28 bits per heavy atom. The van der Waals surface area contributed by atoms with Crippen molar-refractivity contribution in [2.75, 3.05) is 34.3 Å². The van der Waals surface area contributed by atoms with Crippen molar-refractivity contribution < 1.29 is 23.8 Å². The van der Waals surface area contributed by atoms with Gasteiger partial charge in [0.1, 0.15) is 17.3 Å². The van der Waals surface area contributed by atoms with E-state index in [1.165, 1.54) is 36.3 Å². The molecule has 1 aliphatic rings. The number of likely N-dealkylation sites (tertiary alicyclic amines) is 1. The fourth-order valence-electron chi connectivity index (χ4n) is 3.31. The highest BCUT2D eigenvalue weighted by Crippen LogP contribution is 2.39. The van der Waals surface area contributed by atoms with E-state index < -0.39 is 23.5 Å². The second kappa shape index (κ2) is 8.45. The Morgan fingerprint density at radius 2 is 1.72 bits per heavy atom. The topological polar surface area (TPSA) is 70.1 Å². The van der Waals surface area contributed by atoms with E-state index in [4.69, 9.17) is 4.74 Å². The van der Waals surface area contributed by atoms with E-state index in [0.29, 0.717) is 30.0 Å². The molecule has 0 aromatic heterocycles. The number of ketones is 1. The minimum absolute atomic E-state index is 0.00877. The first-order valence-corrected chi connectivity index (χ1v) is 9.16. The van der Waals surface area contributed by atoms with Crippen molar-refractivity contribution in [3.8, 4) is 5.75 Å². The Labute approximate surface area is 168 Å². The van der Waals surface area contributed by atoms with Gasteiger partial charge in [0, 0.05) is 18.7 Å². The summed E-state index contributed by atoms with van der Waals surface area (Å²) in [5.74, 6) is -1.53. The number of likely N-dealkylation sites (N-methyl/N-ethyl adjacent to an activating group) is 1. The summed E-state index contributed by atoms with van der Waals surface area (Å²) in [6.45, 7) is 0.826. The number of hydrogen-bond donors (Lipinski definition) is 1. The van der Waals surface area contributed by atoms with Gasteiger partial charge in [-0.05, 0) is 56.1 Å². The molecule has 2 aromatic rings. The van der Waals surface area contributed by atoms with Gasteiger partial charge in [-0.3, -0.25) is 9.59 Å². The minimum atomic E-state index is -0.794. The number of carbonyl (C=O) groups is 2. The monoisotopic (exact) mass is 398 g/mol. The number of ether oxygens (including phenoxy) is 1. The average molecular weight is 398 g/mol. The lowest BCUT2D eigenvalue weighted by molar-refractivity contribution is -0.140. The number of amides is 1. The molecule has 29 heavy (non-hydrogen) atoms. The maximum atomic E-state index is 13.4. The van der Waals surface area contributed by atoms with Crippen LogP contribution in [0, 0.1) is 5.82 Å². The van der Waals surface area contributed by atoms with Crippen molar-refractivity contribution in [2.24, 2.45) is 0 Å². The third-order valence-corrected chi connectivity index (χ3v) is 4.88. The van der Waals surface area contributed by atoms with Gasteiger partial charge in [0.05, 0.1) is 18.7 Å². The van der Waals surface area contributed by atoms with Crippen LogP contribution in [0.25, 0.3) is 5.76 Å². The average Bonchev–Trinajstić information content (AvgIpc) is 2.97. The molecule has 2 aromatic carbocycles. The van der Waals surface area contributed by atoms with Gasteiger partial charge < -0.3 is 19.6 Å². The summed E-state index contributed by atoms with van der Waals surface area (Å²) in [4.78, 5) is 28.9. The van der Waals surface area contributed by atoms with Gasteiger partial charge in [0.25, 0.3) is 11.7 Å². The predicted octanol–water partition coefficient (Wildman–Crippen LogP) is 2.82. The lowest BCUT2D eigenvalue weighted by Gasteiger charge is -2.26. The number of halogens is 1. The van der Waals surface area contributed by atoms with E-state index in [1.54, 1.807) is 24.3 Å². The second-order valence-electron chi connectivity index (χ2n) is 7.08. The lowest BCUT2D eigenvalue weighted by Crippen LogP contribution is -2.35. The zero-order valence-corrected chi connectivity index (χ0v) is 16.6. The van der Waals surface area contributed by atoms with Crippen molar-refractivity contribution >= 4 is 17.4 Å². The standard InChI is InChI=1S/C22H23FN2O4/c1-24(2)12-13-25-19(14-4-8-16(23)9-5-14)18(21(27)22(25)28)20(26)15-6-10-17(29-3)11-7-15/h4-11,19,26H,12-13H2,1-3H3. The van der Waals surface area contributed by atoms with Gasteiger partial charge in [-0.25, -0.2) is 4.39 Å². The minimum Gasteiger partial charge on any atom is -0.507 e. The largest absolute Gasteiger partial charge is 0.507 e. The number of hydrogen-bond acceptors (Lipinski definition) is 5. The Kier molecular flexibility index (Phi) is 5.98. The van der Waals surface area contributed by atoms with E-state index in [1.807, 2.05) is 19.0 Å². The van der Waals surface area contributed by atoms with Crippen LogP contribution in [0.2, 0.25) is 0 Å². The molecule has 1 saturated heterocycles. The molecule has 0 aliphatic carbocycles. The highest BCUT2D eigenvalue weighted by Gasteiger charge is 2.45. The van der Waals surface area contributed by atoms with Crippen LogP contribution in [-0.2, 0) is 9.59 Å². The van der Waals surface area contributed by atoms with Crippen molar-refractivity contribution in [3.05, 3.63) is 71.0 Å². The van der Waals surface area contributed by atoms with E-state index >= 15 is 0 Å². The van der Waals surface area contributed by atoms with E-state index in [-0.39, 0.29) is 11.3 Å². The van der Waals surface area contributed by atoms with Crippen LogP contribution in [-0.4, -0.2) is 60.9 Å². The summed E-state index contributed by atoms with van der Waals surface area (Å²) >= 11 is 0. The number of aliphatic hydroxyl groups is 1. The second-order valence-corrected chi connectivity index (χ2v) is 7.08. The van der Waals surface area contributed by atoms with Crippen molar-refractivity contribution in [1.82, 2.24) is 9.80 Å². The third-order valence-electron chi connectivity index (χ3n) is 4.88. The van der Waals surface area contributed by atoms with E-state index in [2.05, 4.69) is 0 Å². The van der Waals surface area contributed by atoms with Gasteiger partial charge in [0.15, 0.2) is 0 Å². The molecule has 1 amide bonds. The fraction of sp³-hybridized carbons (Fsp3) is 0.273. The van der Waals surface area contributed by atoms with Crippen LogP contribution in [0.3, 0.4) is 0 Å². The van der Waals surface area contributed by atoms with Gasteiger partial charge in [-0.1, -0.05) is 12.1 Å². The van der Waals surface area contributed by atoms with Gasteiger partial charge >= 0.3 is 0 Å². The Morgan fingerprint density at radius 1 is 1.10 bits per heavy atom. The first kappa shape index (κ1) is 20.5. The summed E-state index contributed by atoms with van der Waals surface area (Å²) < 4.78 is 18.6. The van der Waals surface area contributed by atoms with Crippen molar-refractivity contribution in [3.63, 3.8) is 0 Å². The summed E-state index contributed by atoms with van der Waals surface area (Å²) in [5.41, 5.74) is 0.938. The quantitative estimate of drug-likeness (QED) is 0.460. The fourth-order valence-corrected chi connectivity index (χ4v) is 3.31. The Hall–Kier alpha value is -3.19. The number of methoxy groups -OCH3 is 1. The molecule has 1 fully saturated rings. The number of rotatable bonds is 6. The molecule has 1 heterocycles. The number of carbonyl (C=O) groups excluding carboxylic acids is 2. The normalized spacial score (nSPS) is 18.5. The third kappa shape index (κ3) is 4.14. The molecule has 3 rings (SSSR count). The van der Waals surface area contributed by atoms with Crippen LogP contribution >= 0.6 is 0 Å². The summed E-state index contributed by atoms with van der Waals surface area (Å²) in [7, 11) is 5.25. The number of aliphatic hydroxyl groups excluding tert-OH is 1. The molecule has 1 atom stereocenters. The van der Waals surface area contributed by atoms with E-state index in [9.17, 15) is 19.1 Å². The van der Waals surface area contributed by atoms with Crippen molar-refractivity contribution in [2.45, 2.75) is 6.04 Å². The molecule has 6 nitrogen and oxygen atoms in total. The smallest absolute Gasteiger partial charge is 0.295 e. The van der Waals surface area contributed by atoms with Gasteiger partial charge in [0.2, 0.25) is 0 Å². The maximum Gasteiger partial charge on any atom is 0.295 e. The lowest BCUT2D eigenvalue weighted by atomic mass is 9.95. The predicted molar refractivity (Wildman–Crippen MR) is 107 cm³/mol. The van der Waals surface area contributed by atoms with Crippen LogP contribution in [0.4, 0.5) is 4.39 Å². The summed E-state index contributed by atoms with van der Waals surface area (Å²) in [6.07, 6.45) is 0. The van der Waals surface area contributed by atoms with Crippen LogP contribution in [0.15, 0.2) is 54.1 Å². The molecular formula is C22H23FN2O4. The first-order valence-electron chi connectivity index (χ1n) is 9.16. The molecule has 0 saturated carbocycles. The molecule has 1 unspecified atom stereocenters. The molecule has 0 spiro atoms. The van der Waals surface area contributed by atoms with Crippen LogP contribution in [0.5, 0.6) is 5.75 Å². The Balaban J connectivity index is 2.11. The summed E-state index contributed by atoms with van der Waals surface area (Å²) in [6, 6.07) is 11.3. The zero-order valence-electron chi connectivity index (χ0n) is 16.6. The highest BCUT2D eigenvalue weighted by atomic mass is 19.1. The van der Waals surface area contributed by atoms with Crippen LogP contribution in [0.1, 0.15) is 17.2 Å². The zero-order chi connectivity index (χ0) is 21.1. The SMILES string of the molecule is COc1ccc(C(O)=C2C(=O)C(=O)N(CCN(C)C)C2c2ccc(F)cc2)cc1. The molecule has 152 valence electrons. The van der Waals surface area contributed by atoms with E-state index in [0.717, 1.165) is 0 Å². The summed E-state index contributed by atoms with van der Waals surface area (Å²) in [5, 5.41) is 10.9. The maximum absolute atomic E-state index is 13.4. The molecule has 1 N–H and O–H groups in total. The molecule has 7 heteroatoms. The van der Waals surface area contributed by atoms with Crippen molar-refractivity contribution in [1.29, 1.82) is 0 Å². The number of benzene rings is 2. The number of nitrogens with zero attached hydrogens (tertiary/aromatic N) is 2. The molecule has 1 aliphatic heterocycles. The molecule has 0 bridgehead atoms. The number of Topliss-reactive ketones (excluding diaryl/α,β-unsaturated/α-hetero) is 1. The van der Waals surface area contributed by atoms with Gasteiger partial charge in [-0.15, -0.1) is 0 Å². The molecule has 0 radical (unpaired) electrons. The highest BCUT2D eigenvalue weighted by molar-refractivity contribution is 6.46. The van der Waals surface area contributed by atoms with Gasteiger partial charge in [-0.2, -0.15) is 0 Å². The Bertz CT molecular complexity index is 936. The molecular weight excluding hydrogens is 375 g/mol. The first-order chi connectivity index (χ1) is 13.8. The van der Waals surface area contributed by atoms with Crippen LogP contribution < -0.4 is 4.74 Å².